The number of alkyl halides is 3. The molecule has 0 aromatic heterocycles. The number of carbonyl (C=O) groups is 1. The average molecular weight is 306 g/mol. The van der Waals surface area contributed by atoms with Crippen LogP contribution in [0.25, 0.3) is 0 Å². The van der Waals surface area contributed by atoms with Gasteiger partial charge >= 0.3 is 12.1 Å². The van der Waals surface area contributed by atoms with Gasteiger partial charge in [-0.15, -0.1) is 0 Å². The molecule has 0 heterocycles. The molecular weight excluding hydrogens is 289 g/mol. The van der Waals surface area contributed by atoms with E-state index in [-0.39, 0.29) is 24.3 Å². The van der Waals surface area contributed by atoms with Crippen LogP contribution in [0.5, 0.6) is 11.5 Å². The molecule has 0 saturated heterocycles. The largest absolute Gasteiger partial charge is 0.493 e. The summed E-state index contributed by atoms with van der Waals surface area (Å²) in [5, 5.41) is 9.02. The molecule has 21 heavy (non-hydrogen) atoms. The molecule has 1 aromatic rings. The summed E-state index contributed by atoms with van der Waals surface area (Å²) < 4.78 is 46.6. The minimum absolute atomic E-state index is 0.0123. The maximum atomic E-state index is 12.0. The van der Waals surface area contributed by atoms with Crippen LogP contribution in [-0.4, -0.2) is 30.5 Å². The van der Waals surface area contributed by atoms with Crippen molar-refractivity contribution in [2.75, 3.05) is 13.2 Å². The number of hydrogen-bond donors (Lipinski definition) is 1. The molecule has 0 aliphatic carbocycles. The summed E-state index contributed by atoms with van der Waals surface area (Å²) in [6.45, 7) is 2.16. The number of ether oxygens (including phenoxy) is 2. The summed E-state index contributed by atoms with van der Waals surface area (Å²) in [6.07, 6.45) is -4.67. The Balaban J connectivity index is 2.69. The quantitative estimate of drug-likeness (QED) is 0.740. The van der Waals surface area contributed by atoms with Gasteiger partial charge in [0.1, 0.15) is 17.1 Å². The van der Waals surface area contributed by atoms with Gasteiger partial charge in [-0.1, -0.05) is 6.92 Å². The predicted molar refractivity (Wildman–Crippen MR) is 70.0 cm³/mol. The van der Waals surface area contributed by atoms with E-state index in [0.717, 1.165) is 6.42 Å². The molecule has 0 unspecified atom stereocenters. The van der Waals surface area contributed by atoms with E-state index in [2.05, 4.69) is 0 Å². The highest BCUT2D eigenvalue weighted by Crippen LogP contribution is 2.26. The van der Waals surface area contributed by atoms with Crippen molar-refractivity contribution < 1.29 is 32.5 Å². The van der Waals surface area contributed by atoms with Crippen LogP contribution in [-0.2, 0) is 0 Å². The van der Waals surface area contributed by atoms with Gasteiger partial charge < -0.3 is 14.6 Å². The summed E-state index contributed by atoms with van der Waals surface area (Å²) in [7, 11) is 0. The van der Waals surface area contributed by atoms with Crippen LogP contribution in [0.3, 0.4) is 0 Å². The second-order valence-corrected chi connectivity index (χ2v) is 4.38. The Bertz CT molecular complexity index is 472. The van der Waals surface area contributed by atoms with E-state index in [1.807, 2.05) is 6.92 Å². The van der Waals surface area contributed by atoms with Crippen molar-refractivity contribution in [3.63, 3.8) is 0 Å². The molecule has 0 atom stereocenters. The van der Waals surface area contributed by atoms with E-state index in [1.165, 1.54) is 18.2 Å². The van der Waals surface area contributed by atoms with Crippen LogP contribution < -0.4 is 9.47 Å². The third-order valence-electron chi connectivity index (χ3n) is 2.52. The molecule has 4 nitrogen and oxygen atoms in total. The molecule has 118 valence electrons. The molecule has 0 saturated carbocycles. The first-order valence-corrected chi connectivity index (χ1v) is 6.53. The van der Waals surface area contributed by atoms with Crippen LogP contribution in [0.1, 0.15) is 36.5 Å². The molecule has 0 radical (unpaired) electrons. The van der Waals surface area contributed by atoms with E-state index in [0.29, 0.717) is 12.4 Å². The minimum Gasteiger partial charge on any atom is -0.493 e. The first kappa shape index (κ1) is 17.1. The zero-order chi connectivity index (χ0) is 15.9. The van der Waals surface area contributed by atoms with Crippen molar-refractivity contribution in [1.82, 2.24) is 0 Å². The third-order valence-corrected chi connectivity index (χ3v) is 2.52. The summed E-state index contributed by atoms with van der Waals surface area (Å²) in [5.41, 5.74) is -0.106. The number of benzene rings is 1. The highest BCUT2D eigenvalue weighted by molar-refractivity contribution is 5.91. The van der Waals surface area contributed by atoms with Gasteiger partial charge in [-0.05, 0) is 25.0 Å². The summed E-state index contributed by atoms with van der Waals surface area (Å²) >= 11 is 0. The van der Waals surface area contributed by atoms with Crippen molar-refractivity contribution in [1.29, 1.82) is 0 Å². The van der Waals surface area contributed by atoms with Crippen LogP contribution in [0.15, 0.2) is 18.2 Å². The van der Waals surface area contributed by atoms with Gasteiger partial charge in [0.25, 0.3) is 0 Å². The van der Waals surface area contributed by atoms with E-state index in [1.54, 1.807) is 0 Å². The predicted octanol–water partition coefficient (Wildman–Crippen LogP) is 3.89. The zero-order valence-electron chi connectivity index (χ0n) is 11.6. The Labute approximate surface area is 120 Å². The maximum absolute atomic E-state index is 12.0. The number of rotatable bonds is 8. The van der Waals surface area contributed by atoms with Crippen LogP contribution in [0.2, 0.25) is 0 Å². The highest BCUT2D eigenvalue weighted by atomic mass is 19.4. The molecule has 0 amide bonds. The van der Waals surface area contributed by atoms with Gasteiger partial charge in [-0.25, -0.2) is 4.79 Å². The third kappa shape index (κ3) is 6.37. The lowest BCUT2D eigenvalue weighted by atomic mass is 10.2. The van der Waals surface area contributed by atoms with Crippen molar-refractivity contribution >= 4 is 5.97 Å². The molecule has 0 aliphatic heterocycles. The second-order valence-electron chi connectivity index (χ2n) is 4.38. The standard InChI is InChI=1S/C14H17F3O4/c1-2-7-20-10-4-5-11(13(18)19)12(9-10)21-8-3-6-14(15,16)17/h4-5,9H,2-3,6-8H2,1H3,(H,18,19). The number of hydrogen-bond acceptors (Lipinski definition) is 3. The fraction of sp³-hybridized carbons (Fsp3) is 0.500. The van der Waals surface area contributed by atoms with Crippen molar-refractivity contribution in [3.8, 4) is 11.5 Å². The molecule has 7 heteroatoms. The van der Waals surface area contributed by atoms with Gasteiger partial charge in [0.15, 0.2) is 0 Å². The zero-order valence-corrected chi connectivity index (χ0v) is 11.6. The smallest absolute Gasteiger partial charge is 0.389 e. The monoisotopic (exact) mass is 306 g/mol. The fourth-order valence-corrected chi connectivity index (χ4v) is 1.56. The van der Waals surface area contributed by atoms with Gasteiger partial charge in [-0.2, -0.15) is 13.2 Å². The lowest BCUT2D eigenvalue weighted by Gasteiger charge is -2.12. The molecule has 0 bridgehead atoms. The maximum Gasteiger partial charge on any atom is 0.389 e. The normalized spacial score (nSPS) is 11.2. The molecule has 1 rings (SSSR count). The van der Waals surface area contributed by atoms with Crippen molar-refractivity contribution in [3.05, 3.63) is 23.8 Å². The summed E-state index contributed by atoms with van der Waals surface area (Å²) in [6, 6.07) is 4.18. The fourth-order valence-electron chi connectivity index (χ4n) is 1.56. The summed E-state index contributed by atoms with van der Waals surface area (Å²) in [5.74, 6) is -0.770. The lowest BCUT2D eigenvalue weighted by Crippen LogP contribution is -2.11. The molecular formula is C14H17F3O4. The highest BCUT2D eigenvalue weighted by Gasteiger charge is 2.26. The lowest BCUT2D eigenvalue weighted by molar-refractivity contribution is -0.136. The summed E-state index contributed by atoms with van der Waals surface area (Å²) in [4.78, 5) is 11.0. The van der Waals surface area contributed by atoms with Gasteiger partial charge in [0.2, 0.25) is 0 Å². The Morgan fingerprint density at radius 2 is 1.95 bits per heavy atom. The van der Waals surface area contributed by atoms with E-state index < -0.39 is 18.6 Å². The Morgan fingerprint density at radius 1 is 1.24 bits per heavy atom. The van der Waals surface area contributed by atoms with E-state index in [4.69, 9.17) is 14.6 Å². The van der Waals surface area contributed by atoms with Crippen molar-refractivity contribution in [2.45, 2.75) is 32.4 Å². The van der Waals surface area contributed by atoms with Gasteiger partial charge in [0.05, 0.1) is 13.2 Å². The average Bonchev–Trinajstić information content (AvgIpc) is 2.40. The molecule has 1 aromatic carbocycles. The topological polar surface area (TPSA) is 55.8 Å². The van der Waals surface area contributed by atoms with E-state index >= 15 is 0 Å². The van der Waals surface area contributed by atoms with E-state index in [9.17, 15) is 18.0 Å². The number of aromatic carboxylic acids is 1. The van der Waals surface area contributed by atoms with Gasteiger partial charge in [0, 0.05) is 12.5 Å². The first-order valence-electron chi connectivity index (χ1n) is 6.53. The Morgan fingerprint density at radius 3 is 2.52 bits per heavy atom. The number of carboxylic acid groups (broad SMARTS) is 1. The molecule has 0 spiro atoms. The SMILES string of the molecule is CCCOc1ccc(C(=O)O)c(OCCCC(F)(F)F)c1. The van der Waals surface area contributed by atoms with Crippen LogP contribution >= 0.6 is 0 Å². The molecule has 0 aliphatic rings. The first-order chi connectivity index (χ1) is 9.83. The van der Waals surface area contributed by atoms with Crippen LogP contribution in [0.4, 0.5) is 13.2 Å². The molecule has 1 N–H and O–H groups in total. The Kier molecular flexibility index (Phi) is 6.33. The second kappa shape index (κ2) is 7.75. The molecule has 0 fully saturated rings. The number of halogens is 3. The van der Waals surface area contributed by atoms with Gasteiger partial charge in [-0.3, -0.25) is 0 Å². The van der Waals surface area contributed by atoms with Crippen molar-refractivity contribution in [2.24, 2.45) is 0 Å². The minimum atomic E-state index is -4.24. The van der Waals surface area contributed by atoms with Crippen LogP contribution in [0, 0.1) is 0 Å². The number of carboxylic acids is 1. The Hall–Kier alpha value is -1.92.